The summed E-state index contributed by atoms with van der Waals surface area (Å²) >= 11 is 0. The van der Waals surface area contributed by atoms with E-state index in [2.05, 4.69) is 26.1 Å². The Morgan fingerprint density at radius 2 is 1.92 bits per heavy atom. The fraction of sp³-hybridized carbons (Fsp3) is 1.00. The first-order chi connectivity index (χ1) is 5.79. The van der Waals surface area contributed by atoms with E-state index in [1.54, 1.807) is 0 Å². The lowest BCUT2D eigenvalue weighted by Crippen LogP contribution is -2.38. The van der Waals surface area contributed by atoms with Gasteiger partial charge < -0.3 is 10.1 Å². The second kappa shape index (κ2) is 7.56. The summed E-state index contributed by atoms with van der Waals surface area (Å²) in [5.41, 5.74) is 0. The van der Waals surface area contributed by atoms with Crippen molar-refractivity contribution in [1.29, 1.82) is 0 Å². The van der Waals surface area contributed by atoms with Gasteiger partial charge in [0.25, 0.3) is 0 Å². The zero-order valence-electron chi connectivity index (χ0n) is 8.89. The maximum Gasteiger partial charge on any atom is 0.0725 e. The highest BCUT2D eigenvalue weighted by molar-refractivity contribution is 4.73. The molecular formula is C10H23NO. The molecule has 1 N–H and O–H groups in total. The Labute approximate surface area is 76.7 Å². The molecule has 0 aromatic rings. The molecule has 0 bridgehead atoms. The second-order valence-corrected chi connectivity index (χ2v) is 3.09. The van der Waals surface area contributed by atoms with Crippen LogP contribution in [-0.2, 0) is 4.74 Å². The second-order valence-electron chi connectivity index (χ2n) is 3.09. The summed E-state index contributed by atoms with van der Waals surface area (Å²) in [6.07, 6.45) is 3.91. The van der Waals surface area contributed by atoms with Gasteiger partial charge in [0, 0.05) is 12.6 Å². The van der Waals surface area contributed by atoms with Crippen LogP contribution >= 0.6 is 0 Å². The fourth-order valence-corrected chi connectivity index (χ4v) is 1.56. The van der Waals surface area contributed by atoms with E-state index in [0.717, 1.165) is 13.0 Å². The van der Waals surface area contributed by atoms with E-state index in [1.165, 1.54) is 12.8 Å². The van der Waals surface area contributed by atoms with Crippen LogP contribution in [0.3, 0.4) is 0 Å². The molecule has 2 heteroatoms. The molecule has 0 aromatic carbocycles. The Kier molecular flexibility index (Phi) is 7.51. The van der Waals surface area contributed by atoms with Crippen LogP contribution in [0.1, 0.15) is 40.0 Å². The van der Waals surface area contributed by atoms with Gasteiger partial charge in [-0.1, -0.05) is 20.3 Å². The summed E-state index contributed by atoms with van der Waals surface area (Å²) in [5, 5.41) is 3.31. The Morgan fingerprint density at radius 3 is 2.25 bits per heavy atom. The SMILES string of the molecule is CCCC(NC)C(CC)OCC. The predicted molar refractivity (Wildman–Crippen MR) is 53.5 cm³/mol. The number of likely N-dealkylation sites (N-methyl/N-ethyl adjacent to an activating group) is 1. The van der Waals surface area contributed by atoms with Crippen molar-refractivity contribution in [2.75, 3.05) is 13.7 Å². The van der Waals surface area contributed by atoms with Crippen molar-refractivity contribution in [3.63, 3.8) is 0 Å². The molecule has 0 aliphatic rings. The topological polar surface area (TPSA) is 21.3 Å². The van der Waals surface area contributed by atoms with Gasteiger partial charge >= 0.3 is 0 Å². The molecule has 2 atom stereocenters. The quantitative estimate of drug-likeness (QED) is 0.637. The largest absolute Gasteiger partial charge is 0.377 e. The number of hydrogen-bond acceptors (Lipinski definition) is 2. The molecule has 0 aliphatic heterocycles. The third-order valence-electron chi connectivity index (χ3n) is 2.20. The molecule has 0 saturated heterocycles. The molecule has 74 valence electrons. The van der Waals surface area contributed by atoms with Crippen LogP contribution < -0.4 is 5.32 Å². The maximum absolute atomic E-state index is 5.63. The monoisotopic (exact) mass is 173 g/mol. The average molecular weight is 173 g/mol. The van der Waals surface area contributed by atoms with Crippen LogP contribution in [0.25, 0.3) is 0 Å². The van der Waals surface area contributed by atoms with Crippen LogP contribution in [0.5, 0.6) is 0 Å². The van der Waals surface area contributed by atoms with Crippen LogP contribution in [0, 0.1) is 0 Å². The molecule has 2 unspecified atom stereocenters. The number of rotatable bonds is 7. The predicted octanol–water partition coefficient (Wildman–Crippen LogP) is 2.19. The van der Waals surface area contributed by atoms with Gasteiger partial charge in [-0.15, -0.1) is 0 Å². The highest BCUT2D eigenvalue weighted by atomic mass is 16.5. The molecule has 0 aromatic heterocycles. The smallest absolute Gasteiger partial charge is 0.0725 e. The van der Waals surface area contributed by atoms with Crippen molar-refractivity contribution in [2.24, 2.45) is 0 Å². The van der Waals surface area contributed by atoms with Crippen molar-refractivity contribution in [1.82, 2.24) is 5.32 Å². The van der Waals surface area contributed by atoms with Gasteiger partial charge in [-0.25, -0.2) is 0 Å². The first kappa shape index (κ1) is 11.9. The Bertz CT molecular complexity index is 83.8. The molecule has 0 rings (SSSR count). The average Bonchev–Trinajstić information content (AvgIpc) is 2.11. The van der Waals surface area contributed by atoms with E-state index in [0.29, 0.717) is 12.1 Å². The summed E-state index contributed by atoms with van der Waals surface area (Å²) in [4.78, 5) is 0. The van der Waals surface area contributed by atoms with E-state index in [4.69, 9.17) is 4.74 Å². The van der Waals surface area contributed by atoms with Crippen LogP contribution in [0.2, 0.25) is 0 Å². The lowest BCUT2D eigenvalue weighted by atomic mass is 10.0. The molecule has 12 heavy (non-hydrogen) atoms. The van der Waals surface area contributed by atoms with Gasteiger partial charge in [-0.2, -0.15) is 0 Å². The van der Waals surface area contributed by atoms with Gasteiger partial charge in [0.15, 0.2) is 0 Å². The van der Waals surface area contributed by atoms with Gasteiger partial charge in [-0.05, 0) is 26.8 Å². The van der Waals surface area contributed by atoms with Gasteiger partial charge in [0.05, 0.1) is 6.10 Å². The van der Waals surface area contributed by atoms with Crippen LogP contribution in [0.4, 0.5) is 0 Å². The van der Waals surface area contributed by atoms with Crippen LogP contribution in [0.15, 0.2) is 0 Å². The van der Waals surface area contributed by atoms with Crippen molar-refractivity contribution in [3.05, 3.63) is 0 Å². The molecule has 0 heterocycles. The first-order valence-corrected chi connectivity index (χ1v) is 5.08. The number of hydrogen-bond donors (Lipinski definition) is 1. The third kappa shape index (κ3) is 4.07. The molecular weight excluding hydrogens is 150 g/mol. The third-order valence-corrected chi connectivity index (χ3v) is 2.20. The number of nitrogens with one attached hydrogen (secondary N) is 1. The Balaban J connectivity index is 3.84. The van der Waals surface area contributed by atoms with E-state index in [1.807, 2.05) is 7.05 Å². The summed E-state index contributed by atoms with van der Waals surface area (Å²) in [7, 11) is 2.02. The van der Waals surface area contributed by atoms with E-state index in [-0.39, 0.29) is 0 Å². The first-order valence-electron chi connectivity index (χ1n) is 5.08. The lowest BCUT2D eigenvalue weighted by molar-refractivity contribution is 0.0315. The van der Waals surface area contributed by atoms with E-state index < -0.39 is 0 Å². The van der Waals surface area contributed by atoms with E-state index in [9.17, 15) is 0 Å². The van der Waals surface area contributed by atoms with Crippen molar-refractivity contribution in [3.8, 4) is 0 Å². The summed E-state index contributed by atoms with van der Waals surface area (Å²) in [5.74, 6) is 0. The van der Waals surface area contributed by atoms with E-state index >= 15 is 0 Å². The minimum atomic E-state index is 0.389. The Hall–Kier alpha value is -0.0800. The zero-order valence-corrected chi connectivity index (χ0v) is 8.89. The molecule has 0 spiro atoms. The standard InChI is InChI=1S/C10H23NO/c1-5-8-9(11-4)10(6-2)12-7-3/h9-11H,5-8H2,1-4H3. The van der Waals surface area contributed by atoms with Gasteiger partial charge in [-0.3, -0.25) is 0 Å². The van der Waals surface area contributed by atoms with Crippen molar-refractivity contribution in [2.45, 2.75) is 52.2 Å². The van der Waals surface area contributed by atoms with Gasteiger partial charge in [0.1, 0.15) is 0 Å². The van der Waals surface area contributed by atoms with Crippen molar-refractivity contribution < 1.29 is 4.74 Å². The van der Waals surface area contributed by atoms with Crippen LogP contribution in [-0.4, -0.2) is 25.8 Å². The normalized spacial score (nSPS) is 16.0. The summed E-state index contributed by atoms with van der Waals surface area (Å²) in [6.45, 7) is 7.27. The minimum Gasteiger partial charge on any atom is -0.377 e. The summed E-state index contributed by atoms with van der Waals surface area (Å²) in [6, 6.07) is 0.528. The highest BCUT2D eigenvalue weighted by Crippen LogP contribution is 2.09. The highest BCUT2D eigenvalue weighted by Gasteiger charge is 2.16. The minimum absolute atomic E-state index is 0.389. The van der Waals surface area contributed by atoms with Crippen molar-refractivity contribution >= 4 is 0 Å². The molecule has 0 aliphatic carbocycles. The molecule has 0 fully saturated rings. The van der Waals surface area contributed by atoms with Gasteiger partial charge in [0.2, 0.25) is 0 Å². The molecule has 0 saturated carbocycles. The lowest BCUT2D eigenvalue weighted by Gasteiger charge is -2.25. The maximum atomic E-state index is 5.63. The fourth-order valence-electron chi connectivity index (χ4n) is 1.56. The Morgan fingerprint density at radius 1 is 1.25 bits per heavy atom. The number of ether oxygens (including phenoxy) is 1. The molecule has 0 amide bonds. The molecule has 0 radical (unpaired) electrons. The zero-order chi connectivity index (χ0) is 9.40. The molecule has 2 nitrogen and oxygen atoms in total. The summed E-state index contributed by atoms with van der Waals surface area (Å²) < 4.78 is 5.63.